The van der Waals surface area contributed by atoms with E-state index in [1.807, 2.05) is 30.3 Å². The molecule has 12 nitrogen and oxygen atoms in total. The van der Waals surface area contributed by atoms with Gasteiger partial charge in [-0.3, -0.25) is 24.0 Å². The number of rotatable bonds is 6. The molecule has 2 aliphatic rings. The van der Waals surface area contributed by atoms with Gasteiger partial charge in [0.15, 0.2) is 0 Å². The molecule has 4 atom stereocenters. The first-order chi connectivity index (χ1) is 20.2. The van der Waals surface area contributed by atoms with Crippen LogP contribution in [0.2, 0.25) is 0 Å². The summed E-state index contributed by atoms with van der Waals surface area (Å²) in [6.07, 6.45) is 1.95. The van der Waals surface area contributed by atoms with Gasteiger partial charge in [-0.2, -0.15) is 0 Å². The molecule has 2 saturated heterocycles. The van der Waals surface area contributed by atoms with Crippen LogP contribution in [-0.4, -0.2) is 83.3 Å². The second kappa shape index (κ2) is 14.4. The number of aromatic hydroxyl groups is 1. The molecule has 2 aliphatic heterocycles. The summed E-state index contributed by atoms with van der Waals surface area (Å²) in [5, 5.41) is 20.4. The Balaban J connectivity index is 1.55. The summed E-state index contributed by atoms with van der Waals surface area (Å²) in [6, 6.07) is 11.8. The fraction of sp³-hybridized carbons (Fsp3) is 0.433. The lowest BCUT2D eigenvalue weighted by Crippen LogP contribution is -2.58. The normalized spacial score (nSPS) is 23.0. The summed E-state index contributed by atoms with van der Waals surface area (Å²) in [5.74, 6) is -2.23. The molecule has 0 saturated carbocycles. The van der Waals surface area contributed by atoms with Crippen LogP contribution in [0.3, 0.4) is 0 Å². The Morgan fingerprint density at radius 3 is 2.43 bits per heavy atom. The van der Waals surface area contributed by atoms with Gasteiger partial charge in [-0.15, -0.1) is 0 Å². The molecule has 224 valence electrons. The number of nitrogens with two attached hydrogens (primary N) is 1. The number of nitrogens with zero attached hydrogens (tertiary/aromatic N) is 1. The first kappa shape index (κ1) is 30.5. The zero-order chi connectivity index (χ0) is 30.1. The second-order valence-corrected chi connectivity index (χ2v) is 10.7. The summed E-state index contributed by atoms with van der Waals surface area (Å²) >= 11 is 0. The molecule has 4 rings (SSSR count). The zero-order valence-electron chi connectivity index (χ0n) is 23.4. The van der Waals surface area contributed by atoms with Crippen molar-refractivity contribution >= 4 is 29.5 Å². The first-order valence-electron chi connectivity index (χ1n) is 14.2. The number of carbonyl (C=O) groups excluding carboxylic acids is 5. The number of fused-ring (bicyclic) bond motifs is 1. The van der Waals surface area contributed by atoms with Gasteiger partial charge in [0, 0.05) is 19.5 Å². The fourth-order valence-corrected chi connectivity index (χ4v) is 5.23. The number of carbonyl (C=O) groups is 5. The van der Waals surface area contributed by atoms with E-state index in [9.17, 15) is 29.1 Å². The van der Waals surface area contributed by atoms with Gasteiger partial charge < -0.3 is 37.0 Å². The maximum atomic E-state index is 13.8. The van der Waals surface area contributed by atoms with Crippen LogP contribution in [0, 0.1) is 0 Å². The highest BCUT2D eigenvalue weighted by atomic mass is 16.3. The van der Waals surface area contributed by atoms with Crippen LogP contribution in [0.25, 0.3) is 0 Å². The van der Waals surface area contributed by atoms with Crippen molar-refractivity contribution in [3.05, 3.63) is 65.7 Å². The molecule has 0 radical (unpaired) electrons. The van der Waals surface area contributed by atoms with Crippen molar-refractivity contribution in [2.75, 3.05) is 19.6 Å². The van der Waals surface area contributed by atoms with Gasteiger partial charge in [0.25, 0.3) is 0 Å². The number of amides is 5. The van der Waals surface area contributed by atoms with E-state index < -0.39 is 53.7 Å². The van der Waals surface area contributed by atoms with Crippen LogP contribution in [0.5, 0.6) is 5.75 Å². The minimum Gasteiger partial charge on any atom is -0.508 e. The molecule has 42 heavy (non-hydrogen) atoms. The van der Waals surface area contributed by atoms with Crippen LogP contribution in [0.1, 0.15) is 36.8 Å². The van der Waals surface area contributed by atoms with E-state index in [2.05, 4.69) is 21.3 Å². The largest absolute Gasteiger partial charge is 0.508 e. The maximum Gasteiger partial charge on any atom is 0.246 e. The molecule has 0 aliphatic carbocycles. The second-order valence-electron chi connectivity index (χ2n) is 10.7. The predicted octanol–water partition coefficient (Wildman–Crippen LogP) is -0.508. The average Bonchev–Trinajstić information content (AvgIpc) is 3.48. The smallest absolute Gasteiger partial charge is 0.246 e. The zero-order valence-corrected chi connectivity index (χ0v) is 23.4. The molecular formula is C30H38N6O6. The Morgan fingerprint density at radius 2 is 1.69 bits per heavy atom. The molecule has 12 heteroatoms. The van der Waals surface area contributed by atoms with Gasteiger partial charge in [0.1, 0.15) is 23.9 Å². The fourth-order valence-electron chi connectivity index (χ4n) is 5.23. The minimum absolute atomic E-state index is 0.0935. The van der Waals surface area contributed by atoms with Gasteiger partial charge in [-0.25, -0.2) is 0 Å². The highest BCUT2D eigenvalue weighted by molar-refractivity contribution is 5.96. The molecule has 2 aromatic carbocycles. The molecular weight excluding hydrogens is 540 g/mol. The van der Waals surface area contributed by atoms with Gasteiger partial charge in [0.2, 0.25) is 29.5 Å². The lowest BCUT2D eigenvalue weighted by Gasteiger charge is -2.30. The van der Waals surface area contributed by atoms with Gasteiger partial charge in [0.05, 0.1) is 12.6 Å². The summed E-state index contributed by atoms with van der Waals surface area (Å²) < 4.78 is 0. The molecule has 5 amide bonds. The topological polar surface area (TPSA) is 183 Å². The lowest BCUT2D eigenvalue weighted by atomic mass is 10.0. The monoisotopic (exact) mass is 578 g/mol. The highest BCUT2D eigenvalue weighted by Gasteiger charge is 2.38. The Hall–Kier alpha value is -4.45. The van der Waals surface area contributed by atoms with E-state index in [1.54, 1.807) is 12.1 Å². The van der Waals surface area contributed by atoms with Gasteiger partial charge >= 0.3 is 0 Å². The van der Waals surface area contributed by atoms with Crippen LogP contribution in [-0.2, 0) is 36.8 Å². The quantitative estimate of drug-likeness (QED) is 0.267. The van der Waals surface area contributed by atoms with Crippen molar-refractivity contribution < 1.29 is 29.1 Å². The van der Waals surface area contributed by atoms with E-state index >= 15 is 0 Å². The van der Waals surface area contributed by atoms with Crippen LogP contribution < -0.4 is 27.0 Å². The van der Waals surface area contributed by atoms with Crippen molar-refractivity contribution in [3.63, 3.8) is 0 Å². The lowest BCUT2D eigenvalue weighted by molar-refractivity contribution is -0.142. The molecule has 0 spiro atoms. The van der Waals surface area contributed by atoms with E-state index in [0.717, 1.165) is 11.1 Å². The van der Waals surface area contributed by atoms with E-state index in [4.69, 9.17) is 5.73 Å². The van der Waals surface area contributed by atoms with Crippen molar-refractivity contribution in [3.8, 4) is 5.75 Å². The standard InChI is InChI=1S/C30H38N6O6/c31-22(16-20-10-12-21(37)13-11-20)27(39)34-23-8-4-14-32-26(38)18-33-29(41)25-9-5-15-36(25)30(42)24(35-28(23)40)17-19-6-2-1-3-7-19/h1-3,6-7,10-13,22-25,37H,4-5,8-9,14-18,31H2,(H,32,38)(H,33,41)(H,34,39)(H,35,40)/t22-,23+,24-,25+/m0/s1. The molecule has 7 N–H and O–H groups in total. The van der Waals surface area contributed by atoms with Crippen LogP contribution >= 0.6 is 0 Å². The molecule has 0 unspecified atom stereocenters. The summed E-state index contributed by atoms with van der Waals surface area (Å²) in [4.78, 5) is 67.2. The summed E-state index contributed by atoms with van der Waals surface area (Å²) in [6.45, 7) is 0.334. The summed E-state index contributed by atoms with van der Waals surface area (Å²) in [7, 11) is 0. The van der Waals surface area contributed by atoms with Crippen molar-refractivity contribution in [1.29, 1.82) is 0 Å². The number of hydrogen-bond acceptors (Lipinski definition) is 7. The van der Waals surface area contributed by atoms with Gasteiger partial charge in [-0.1, -0.05) is 42.5 Å². The Bertz CT molecular complexity index is 1270. The molecule has 0 bridgehead atoms. The minimum atomic E-state index is -1.02. The average molecular weight is 579 g/mol. The number of benzene rings is 2. The number of phenols is 1. The molecule has 2 aromatic rings. The summed E-state index contributed by atoms with van der Waals surface area (Å²) in [5.41, 5.74) is 7.71. The highest BCUT2D eigenvalue weighted by Crippen LogP contribution is 2.20. The maximum absolute atomic E-state index is 13.8. The molecule has 2 heterocycles. The third kappa shape index (κ3) is 8.29. The number of phenolic OH excluding ortho intramolecular Hbond substituents is 1. The first-order valence-corrected chi connectivity index (χ1v) is 14.2. The Kier molecular flexibility index (Phi) is 10.5. The number of nitrogens with one attached hydrogen (secondary N) is 4. The third-order valence-electron chi connectivity index (χ3n) is 7.51. The Morgan fingerprint density at radius 1 is 0.952 bits per heavy atom. The van der Waals surface area contributed by atoms with Gasteiger partial charge in [-0.05, 0) is 55.4 Å². The third-order valence-corrected chi connectivity index (χ3v) is 7.51. The SMILES string of the molecule is N[C@@H](Cc1ccc(O)cc1)C(=O)N[C@@H]1CCCNC(=O)CNC(=O)[C@H]2CCCN2C(=O)[C@H](Cc2ccccc2)NC1=O. The van der Waals surface area contributed by atoms with E-state index in [-0.39, 0.29) is 38.1 Å². The van der Waals surface area contributed by atoms with Crippen LogP contribution in [0.15, 0.2) is 54.6 Å². The Labute approximate surface area is 244 Å². The molecule has 0 aromatic heterocycles. The molecule has 2 fully saturated rings. The van der Waals surface area contributed by atoms with Crippen LogP contribution in [0.4, 0.5) is 0 Å². The van der Waals surface area contributed by atoms with Crippen molar-refractivity contribution in [2.24, 2.45) is 5.73 Å². The number of hydrogen-bond donors (Lipinski definition) is 6. The van der Waals surface area contributed by atoms with Crippen molar-refractivity contribution in [2.45, 2.75) is 62.7 Å². The predicted molar refractivity (Wildman–Crippen MR) is 154 cm³/mol. The van der Waals surface area contributed by atoms with Crippen molar-refractivity contribution in [1.82, 2.24) is 26.2 Å². The van der Waals surface area contributed by atoms with E-state index in [0.29, 0.717) is 25.8 Å². The van der Waals surface area contributed by atoms with E-state index in [1.165, 1.54) is 17.0 Å².